The molecule has 1 aromatic heterocycles. The smallest absolute Gasteiger partial charge is 0.207 e. The summed E-state index contributed by atoms with van der Waals surface area (Å²) in [5, 5.41) is 1.53. The zero-order chi connectivity index (χ0) is 11.8. The van der Waals surface area contributed by atoms with Crippen LogP contribution in [0.25, 0.3) is 10.4 Å². The second-order valence-electron chi connectivity index (χ2n) is 3.10. The predicted octanol–water partition coefficient (Wildman–Crippen LogP) is 3.63. The van der Waals surface area contributed by atoms with Gasteiger partial charge in [0, 0.05) is 50.9 Å². The molecule has 2 rings (SSSR count). The van der Waals surface area contributed by atoms with Crippen LogP contribution in [-0.4, -0.2) is 8.42 Å². The van der Waals surface area contributed by atoms with Crippen LogP contribution in [0, 0.1) is 0 Å². The van der Waals surface area contributed by atoms with E-state index in [1.54, 1.807) is 6.07 Å². The summed E-state index contributed by atoms with van der Waals surface area (Å²) in [5.74, 6) is 0. The summed E-state index contributed by atoms with van der Waals surface area (Å²) in [6.07, 6.45) is 0. The molecule has 86 valence electrons. The average Bonchev–Trinajstić information content (AvgIpc) is 2.66. The van der Waals surface area contributed by atoms with Crippen LogP contribution in [0.5, 0.6) is 0 Å². The molecule has 0 aliphatic rings. The van der Waals surface area contributed by atoms with E-state index in [4.69, 9.17) is 10.7 Å². The molecule has 17 heavy (non-hydrogen) atoms. The molecule has 0 radical (unpaired) electrons. The Bertz CT molecular complexity index is 622. The molecule has 2 aromatic rings. The molecule has 2 nitrogen and oxygen atoms in total. The number of halogens is 1. The van der Waals surface area contributed by atoms with Gasteiger partial charge in [-0.3, -0.25) is 0 Å². The first-order valence-corrected chi connectivity index (χ1v) is 7.93. The van der Waals surface area contributed by atoms with E-state index in [9.17, 15) is 8.42 Å². The summed E-state index contributed by atoms with van der Waals surface area (Å²) in [6.45, 7) is 0. The maximum absolute atomic E-state index is 11.1. The normalized spacial score (nSPS) is 10.9. The maximum Gasteiger partial charge on any atom is 0.262 e. The Morgan fingerprint density at radius 1 is 1.24 bits per heavy atom. The summed E-state index contributed by atoms with van der Waals surface area (Å²) in [5.41, 5.74) is 0.905. The molecule has 0 spiro atoms. The first-order chi connectivity index (χ1) is 7.48. The van der Waals surface area contributed by atoms with Gasteiger partial charge in [-0.25, -0.2) is 8.42 Å². The fourth-order valence-corrected chi connectivity index (χ4v) is 3.84. The van der Waals surface area contributed by atoms with Gasteiger partial charge in [0.25, 0.3) is 9.05 Å². The van der Waals surface area contributed by atoms with Crippen LogP contribution >= 0.6 is 34.6 Å². The van der Waals surface area contributed by atoms with Crippen molar-refractivity contribution in [2.45, 2.75) is 9.79 Å². The van der Waals surface area contributed by atoms with E-state index < -0.39 is 9.05 Å². The Labute approximate surface area is 127 Å². The first-order valence-electron chi connectivity index (χ1n) is 4.30. The van der Waals surface area contributed by atoms with E-state index in [0.29, 0.717) is 0 Å². The number of thiophene rings is 1. The predicted molar refractivity (Wildman–Crippen MR) is 70.0 cm³/mol. The molecule has 7 heteroatoms. The van der Waals surface area contributed by atoms with Crippen LogP contribution in [0.2, 0.25) is 0 Å². The molecule has 0 amide bonds. The molecule has 0 N–H and O–H groups in total. The van der Waals surface area contributed by atoms with Gasteiger partial charge in [0.15, 0.2) is 0 Å². The zero-order valence-electron chi connectivity index (χ0n) is 8.63. The van der Waals surface area contributed by atoms with Crippen molar-refractivity contribution in [2.24, 2.45) is 0 Å². The minimum Gasteiger partial charge on any atom is -0.207 e. The van der Waals surface area contributed by atoms with Gasteiger partial charge in [0.1, 0.15) is 0 Å². The van der Waals surface area contributed by atoms with Gasteiger partial charge >= 0.3 is 0 Å². The summed E-state index contributed by atoms with van der Waals surface area (Å²) in [7, 11) is 1.61. The van der Waals surface area contributed by atoms with Crippen LogP contribution < -0.4 is 0 Å². The van der Waals surface area contributed by atoms with E-state index in [1.807, 2.05) is 24.3 Å². The zero-order valence-corrected chi connectivity index (χ0v) is 14.9. The largest absolute Gasteiger partial charge is 0.262 e. The molecule has 0 saturated heterocycles. The molecule has 0 atom stereocenters. The van der Waals surface area contributed by atoms with Crippen molar-refractivity contribution in [3.05, 3.63) is 35.7 Å². The monoisotopic (exact) mass is 354 g/mol. The van der Waals surface area contributed by atoms with E-state index in [-0.39, 0.29) is 24.4 Å². The third-order valence-electron chi connectivity index (χ3n) is 2.03. The van der Waals surface area contributed by atoms with Crippen molar-refractivity contribution in [3.63, 3.8) is 0 Å². The molecular weight excluding hydrogens is 349 g/mol. The second-order valence-corrected chi connectivity index (χ2v) is 7.06. The number of hydrogen-bond donors (Lipinski definition) is 1. The van der Waals surface area contributed by atoms with Crippen molar-refractivity contribution < 1.29 is 27.9 Å². The number of thiol groups is 1. The van der Waals surface area contributed by atoms with Crippen molar-refractivity contribution in [1.82, 2.24) is 0 Å². The molecule has 1 heterocycles. The van der Waals surface area contributed by atoms with Crippen molar-refractivity contribution >= 4 is 43.7 Å². The Morgan fingerprint density at radius 3 is 2.41 bits per heavy atom. The molecule has 0 aliphatic carbocycles. The van der Waals surface area contributed by atoms with E-state index in [2.05, 4.69) is 12.6 Å². The van der Waals surface area contributed by atoms with Crippen LogP contribution in [-0.2, 0) is 28.5 Å². The van der Waals surface area contributed by atoms with Crippen LogP contribution in [0.1, 0.15) is 0 Å². The van der Waals surface area contributed by atoms with Gasteiger partial charge in [0.05, 0.1) is 4.90 Å². The fourth-order valence-electron chi connectivity index (χ4n) is 1.27. The summed E-state index contributed by atoms with van der Waals surface area (Å²) < 4.78 is 22.2. The number of hydrogen-bond acceptors (Lipinski definition) is 4. The Kier molecular flexibility index (Phi) is 5.23. The van der Waals surface area contributed by atoms with Gasteiger partial charge in [-0.05, 0) is 12.1 Å². The third kappa shape index (κ3) is 3.55. The quantitative estimate of drug-likeness (QED) is 0.507. The molecular formula is C10H7ClO2S3Zn. The first kappa shape index (κ1) is 15.2. The van der Waals surface area contributed by atoms with E-state index in [1.165, 1.54) is 16.7 Å². The Morgan fingerprint density at radius 2 is 1.88 bits per heavy atom. The van der Waals surface area contributed by atoms with Crippen molar-refractivity contribution in [1.29, 1.82) is 0 Å². The molecule has 0 bridgehead atoms. The fraction of sp³-hybridized carbons (Fsp3) is 0. The number of rotatable bonds is 2. The third-order valence-corrected chi connectivity index (χ3v) is 4.86. The Hall–Kier alpha value is 0.133. The molecule has 0 aliphatic heterocycles. The van der Waals surface area contributed by atoms with Gasteiger partial charge in [0.2, 0.25) is 0 Å². The van der Waals surface area contributed by atoms with E-state index >= 15 is 0 Å². The summed E-state index contributed by atoms with van der Waals surface area (Å²) in [6, 6.07) is 9.05. The second kappa shape index (κ2) is 5.85. The molecule has 0 unspecified atom stereocenters. The number of benzene rings is 1. The molecule has 0 saturated carbocycles. The summed E-state index contributed by atoms with van der Waals surface area (Å²) in [4.78, 5) is 1.78. The SMILES string of the molecule is O=S(=O)(Cl)c1csc(-c2ccccc2S)c1.[Zn]. The van der Waals surface area contributed by atoms with E-state index in [0.717, 1.165) is 15.3 Å². The van der Waals surface area contributed by atoms with Crippen molar-refractivity contribution in [3.8, 4) is 10.4 Å². The topological polar surface area (TPSA) is 34.1 Å². The molecule has 1 aromatic carbocycles. The van der Waals surface area contributed by atoms with Gasteiger partial charge in [-0.2, -0.15) is 0 Å². The maximum atomic E-state index is 11.1. The van der Waals surface area contributed by atoms with Crippen molar-refractivity contribution in [2.75, 3.05) is 0 Å². The summed E-state index contributed by atoms with van der Waals surface area (Å²) >= 11 is 5.65. The minimum absolute atomic E-state index is 0. The van der Waals surface area contributed by atoms with Gasteiger partial charge in [-0.15, -0.1) is 24.0 Å². The Balaban J connectivity index is 0.00000144. The van der Waals surface area contributed by atoms with Gasteiger partial charge in [-0.1, -0.05) is 18.2 Å². The standard InChI is InChI=1S/C10H7ClO2S3.Zn/c11-16(12,13)7-5-10(15-6-7)8-3-1-2-4-9(8)14;/h1-6,14H;. The van der Waals surface area contributed by atoms with Crippen LogP contribution in [0.3, 0.4) is 0 Å². The molecule has 0 fully saturated rings. The van der Waals surface area contributed by atoms with Crippen LogP contribution in [0.4, 0.5) is 0 Å². The van der Waals surface area contributed by atoms with Crippen LogP contribution in [0.15, 0.2) is 45.5 Å². The van der Waals surface area contributed by atoms with Gasteiger partial charge < -0.3 is 0 Å². The minimum atomic E-state index is -3.65. The average molecular weight is 356 g/mol.